The number of ether oxygens (including phenoxy) is 4. The van der Waals surface area contributed by atoms with Gasteiger partial charge in [-0.05, 0) is 12.8 Å². The van der Waals surface area contributed by atoms with Gasteiger partial charge in [0.05, 0.1) is 13.2 Å². The summed E-state index contributed by atoms with van der Waals surface area (Å²) in [5.74, 6) is 0. The van der Waals surface area contributed by atoms with Gasteiger partial charge in [-0.2, -0.15) is 0 Å². The second-order valence-electron chi connectivity index (χ2n) is 6.00. The van der Waals surface area contributed by atoms with Crippen LogP contribution in [0.1, 0.15) is 24.7 Å². The first-order chi connectivity index (χ1) is 11.7. The predicted molar refractivity (Wildman–Crippen MR) is 86.1 cm³/mol. The van der Waals surface area contributed by atoms with E-state index in [2.05, 4.69) is 6.58 Å². The van der Waals surface area contributed by atoms with Crippen LogP contribution in [0, 0.1) is 0 Å². The highest BCUT2D eigenvalue weighted by Crippen LogP contribution is 2.34. The molecule has 3 rings (SSSR count). The van der Waals surface area contributed by atoms with E-state index in [0.717, 1.165) is 18.4 Å². The fraction of sp³-hybridized carbons (Fsp3) is 0.556. The molecule has 2 aliphatic rings. The lowest BCUT2D eigenvalue weighted by Gasteiger charge is -2.46. The van der Waals surface area contributed by atoms with E-state index in [1.165, 1.54) is 0 Å². The Morgan fingerprint density at radius 1 is 1.17 bits per heavy atom. The first-order valence-electron chi connectivity index (χ1n) is 8.27. The van der Waals surface area contributed by atoms with Gasteiger partial charge in [0.1, 0.15) is 24.4 Å². The fourth-order valence-electron chi connectivity index (χ4n) is 2.92. The van der Waals surface area contributed by atoms with Gasteiger partial charge >= 0.3 is 0 Å². The Bertz CT molecular complexity index is 520. The molecule has 0 aliphatic carbocycles. The normalized spacial score (nSPS) is 36.1. The van der Waals surface area contributed by atoms with Crippen LogP contribution in [0.5, 0.6) is 0 Å². The zero-order valence-corrected chi connectivity index (χ0v) is 13.5. The van der Waals surface area contributed by atoms with E-state index in [0.29, 0.717) is 6.61 Å². The van der Waals surface area contributed by atoms with Crippen LogP contribution in [0.25, 0.3) is 0 Å². The minimum Gasteiger partial charge on any atom is -0.387 e. The van der Waals surface area contributed by atoms with E-state index in [1.54, 1.807) is 6.08 Å². The van der Waals surface area contributed by atoms with Crippen LogP contribution in [0.4, 0.5) is 0 Å². The maximum absolute atomic E-state index is 10.4. The van der Waals surface area contributed by atoms with E-state index in [-0.39, 0.29) is 6.61 Å². The van der Waals surface area contributed by atoms with Gasteiger partial charge in [-0.25, -0.2) is 0 Å². The van der Waals surface area contributed by atoms with Gasteiger partial charge < -0.3 is 29.2 Å². The SMILES string of the molecule is C=CCCCO[C@H]1O[C@@H]2CO[C@@H](c3ccccc3)O[C@H]2[C@H](O)[C@H]1O. The summed E-state index contributed by atoms with van der Waals surface area (Å²) in [6.45, 7) is 4.34. The molecule has 0 amide bonds. The first-order valence-corrected chi connectivity index (χ1v) is 8.27. The van der Waals surface area contributed by atoms with Crippen molar-refractivity contribution in [1.29, 1.82) is 0 Å². The molecule has 2 fully saturated rings. The smallest absolute Gasteiger partial charge is 0.186 e. The molecule has 0 unspecified atom stereocenters. The Hall–Kier alpha value is -1.28. The van der Waals surface area contributed by atoms with Crippen LogP contribution < -0.4 is 0 Å². The zero-order valence-electron chi connectivity index (χ0n) is 13.5. The Balaban J connectivity index is 1.60. The van der Waals surface area contributed by atoms with Crippen molar-refractivity contribution in [2.45, 2.75) is 49.8 Å². The molecule has 2 saturated heterocycles. The molecule has 2 N–H and O–H groups in total. The number of aliphatic hydroxyl groups excluding tert-OH is 2. The van der Waals surface area contributed by atoms with Crippen LogP contribution in [0.15, 0.2) is 43.0 Å². The van der Waals surface area contributed by atoms with Crippen LogP contribution in [0.3, 0.4) is 0 Å². The number of aliphatic hydroxyl groups is 2. The van der Waals surface area contributed by atoms with E-state index in [9.17, 15) is 10.2 Å². The Kier molecular flexibility index (Phi) is 5.99. The number of allylic oxidation sites excluding steroid dienone is 1. The summed E-state index contributed by atoms with van der Waals surface area (Å²) < 4.78 is 22.8. The molecule has 0 bridgehead atoms. The van der Waals surface area contributed by atoms with Crippen molar-refractivity contribution in [1.82, 2.24) is 0 Å². The molecule has 0 spiro atoms. The van der Waals surface area contributed by atoms with Crippen molar-refractivity contribution in [3.8, 4) is 0 Å². The topological polar surface area (TPSA) is 77.4 Å². The maximum atomic E-state index is 10.4. The third-order valence-electron chi connectivity index (χ3n) is 4.24. The average molecular weight is 336 g/mol. The summed E-state index contributed by atoms with van der Waals surface area (Å²) >= 11 is 0. The molecule has 24 heavy (non-hydrogen) atoms. The van der Waals surface area contributed by atoms with Gasteiger partial charge in [-0.1, -0.05) is 36.4 Å². The Morgan fingerprint density at radius 2 is 1.96 bits per heavy atom. The standard InChI is InChI=1S/C18H24O6/c1-2-3-7-10-21-18-15(20)14(19)16-13(23-18)11-22-17(24-16)12-8-5-4-6-9-12/h2,4-6,8-9,13-20H,1,3,7,10-11H2/t13-,14-,15-,16-,17-,18+/m1/s1. The minimum atomic E-state index is -1.16. The van der Waals surface area contributed by atoms with Crippen molar-refractivity contribution in [2.24, 2.45) is 0 Å². The van der Waals surface area contributed by atoms with Gasteiger partial charge in [0, 0.05) is 5.56 Å². The molecule has 2 heterocycles. The van der Waals surface area contributed by atoms with Crippen molar-refractivity contribution in [2.75, 3.05) is 13.2 Å². The number of hydrogen-bond donors (Lipinski definition) is 2. The highest BCUT2D eigenvalue weighted by atomic mass is 16.8. The number of fused-ring (bicyclic) bond motifs is 1. The van der Waals surface area contributed by atoms with E-state index in [4.69, 9.17) is 18.9 Å². The highest BCUT2D eigenvalue weighted by molar-refractivity contribution is 5.16. The van der Waals surface area contributed by atoms with Gasteiger partial charge in [-0.3, -0.25) is 0 Å². The summed E-state index contributed by atoms with van der Waals surface area (Å²) in [7, 11) is 0. The molecular weight excluding hydrogens is 312 g/mol. The largest absolute Gasteiger partial charge is 0.387 e. The summed E-state index contributed by atoms with van der Waals surface area (Å²) in [6.07, 6.45) is -1.45. The van der Waals surface area contributed by atoms with Crippen LogP contribution in [0.2, 0.25) is 0 Å². The quantitative estimate of drug-likeness (QED) is 0.606. The molecule has 1 aromatic rings. The molecule has 6 heteroatoms. The molecule has 6 atom stereocenters. The van der Waals surface area contributed by atoms with Crippen LogP contribution in [-0.2, 0) is 18.9 Å². The lowest BCUT2D eigenvalue weighted by molar-refractivity contribution is -0.361. The summed E-state index contributed by atoms with van der Waals surface area (Å²) in [5.41, 5.74) is 0.862. The zero-order chi connectivity index (χ0) is 16.9. The molecule has 132 valence electrons. The predicted octanol–water partition coefficient (Wildman–Crippen LogP) is 1.53. The van der Waals surface area contributed by atoms with Crippen molar-refractivity contribution >= 4 is 0 Å². The van der Waals surface area contributed by atoms with Crippen LogP contribution in [-0.4, -0.2) is 54.1 Å². The number of hydrogen-bond acceptors (Lipinski definition) is 6. The molecule has 6 nitrogen and oxygen atoms in total. The fourth-order valence-corrected chi connectivity index (χ4v) is 2.92. The van der Waals surface area contributed by atoms with Gasteiger partial charge in [0.2, 0.25) is 0 Å². The van der Waals surface area contributed by atoms with E-state index < -0.39 is 37.0 Å². The van der Waals surface area contributed by atoms with E-state index >= 15 is 0 Å². The third kappa shape index (κ3) is 3.85. The van der Waals surface area contributed by atoms with Gasteiger partial charge in [0.15, 0.2) is 12.6 Å². The third-order valence-corrected chi connectivity index (χ3v) is 4.24. The number of benzene rings is 1. The second-order valence-corrected chi connectivity index (χ2v) is 6.00. The molecule has 2 aliphatic heterocycles. The van der Waals surface area contributed by atoms with Crippen molar-refractivity contribution in [3.63, 3.8) is 0 Å². The Labute approximate surface area is 141 Å². The maximum Gasteiger partial charge on any atom is 0.186 e. The van der Waals surface area contributed by atoms with Crippen molar-refractivity contribution in [3.05, 3.63) is 48.6 Å². The molecule has 0 saturated carbocycles. The van der Waals surface area contributed by atoms with Gasteiger partial charge in [0.25, 0.3) is 0 Å². The molecule has 1 aromatic carbocycles. The summed E-state index contributed by atoms with van der Waals surface area (Å²) in [6, 6.07) is 9.48. The Morgan fingerprint density at radius 3 is 2.71 bits per heavy atom. The molecular formula is C18H24O6. The summed E-state index contributed by atoms with van der Waals surface area (Å²) in [4.78, 5) is 0. The molecule has 0 aromatic heterocycles. The van der Waals surface area contributed by atoms with Crippen molar-refractivity contribution < 1.29 is 29.2 Å². The monoisotopic (exact) mass is 336 g/mol. The number of unbranched alkanes of at least 4 members (excludes halogenated alkanes) is 1. The highest BCUT2D eigenvalue weighted by Gasteiger charge is 2.49. The lowest BCUT2D eigenvalue weighted by Crippen LogP contribution is -2.62. The first kappa shape index (κ1) is 17.5. The minimum absolute atomic E-state index is 0.264. The average Bonchev–Trinajstić information content (AvgIpc) is 2.63. The lowest BCUT2D eigenvalue weighted by atomic mass is 9.98. The van der Waals surface area contributed by atoms with E-state index in [1.807, 2.05) is 30.3 Å². The van der Waals surface area contributed by atoms with Crippen LogP contribution >= 0.6 is 0 Å². The number of rotatable bonds is 6. The van der Waals surface area contributed by atoms with Gasteiger partial charge in [-0.15, -0.1) is 6.58 Å². The molecule has 0 radical (unpaired) electrons. The second kappa shape index (κ2) is 8.20. The summed E-state index contributed by atoms with van der Waals surface area (Å²) in [5, 5.41) is 20.7.